The number of nitrogens with one attached hydrogen (secondary N) is 1. The molecule has 1 unspecified atom stereocenters. The zero-order valence-electron chi connectivity index (χ0n) is 17.0. The second-order valence-corrected chi connectivity index (χ2v) is 7.41. The van der Waals surface area contributed by atoms with Crippen LogP contribution in [0.3, 0.4) is 0 Å². The minimum Gasteiger partial charge on any atom is -0.496 e. The predicted octanol–water partition coefficient (Wildman–Crippen LogP) is 4.67. The Kier molecular flexibility index (Phi) is 8.49. The highest BCUT2D eigenvalue weighted by Gasteiger charge is 2.19. The van der Waals surface area contributed by atoms with E-state index >= 15 is 0 Å². The lowest BCUT2D eigenvalue weighted by Gasteiger charge is -2.22. The Morgan fingerprint density at radius 2 is 1.77 bits per heavy atom. The van der Waals surface area contributed by atoms with E-state index in [0.29, 0.717) is 6.42 Å². The lowest BCUT2D eigenvalue weighted by molar-refractivity contribution is 0.0508. The first-order valence-corrected chi connectivity index (χ1v) is 9.04. The van der Waals surface area contributed by atoms with Gasteiger partial charge in [-0.25, -0.2) is 4.79 Å². The third kappa shape index (κ3) is 7.38. The van der Waals surface area contributed by atoms with Gasteiger partial charge in [-0.05, 0) is 76.6 Å². The smallest absolute Gasteiger partial charge is 0.407 e. The molecule has 5 heteroatoms. The average Bonchev–Trinajstić information content (AvgIpc) is 2.53. The molecule has 0 radical (unpaired) electrons. The van der Waals surface area contributed by atoms with Gasteiger partial charge in [0.05, 0.1) is 14.2 Å². The normalized spacial score (nSPS) is 12.2. The van der Waals surface area contributed by atoms with E-state index in [0.717, 1.165) is 41.9 Å². The van der Waals surface area contributed by atoms with Crippen LogP contribution in [0, 0.1) is 0 Å². The Bertz CT molecular complexity index is 605. The molecular weight excluding hydrogens is 330 g/mol. The number of benzene rings is 1. The zero-order valence-corrected chi connectivity index (χ0v) is 17.0. The summed E-state index contributed by atoms with van der Waals surface area (Å²) in [6, 6.07) is 3.92. The van der Waals surface area contributed by atoms with Crippen molar-refractivity contribution in [2.45, 2.75) is 65.0 Å². The van der Waals surface area contributed by atoms with Gasteiger partial charge in [0, 0.05) is 6.04 Å². The highest BCUT2D eigenvalue weighted by atomic mass is 16.6. The molecule has 0 saturated carbocycles. The molecule has 1 amide bonds. The van der Waals surface area contributed by atoms with E-state index < -0.39 is 11.7 Å². The van der Waals surface area contributed by atoms with Gasteiger partial charge >= 0.3 is 6.09 Å². The van der Waals surface area contributed by atoms with Crippen molar-refractivity contribution in [2.24, 2.45) is 0 Å². The van der Waals surface area contributed by atoms with Gasteiger partial charge in [-0.2, -0.15) is 0 Å². The van der Waals surface area contributed by atoms with Crippen LogP contribution in [0.2, 0.25) is 0 Å². The number of alkyl carbamates (subject to hydrolysis) is 1. The number of amides is 1. The Balaban J connectivity index is 2.87. The minimum atomic E-state index is -0.516. The highest BCUT2D eigenvalue weighted by molar-refractivity contribution is 5.68. The van der Waals surface area contributed by atoms with Crippen molar-refractivity contribution in [2.75, 3.05) is 14.2 Å². The molecule has 0 fully saturated rings. The molecule has 0 spiro atoms. The van der Waals surface area contributed by atoms with Crippen molar-refractivity contribution in [1.29, 1.82) is 0 Å². The number of carbonyl (C=O) groups is 1. The molecule has 0 aromatic heterocycles. The van der Waals surface area contributed by atoms with Crippen LogP contribution in [0.1, 0.15) is 51.7 Å². The van der Waals surface area contributed by atoms with Crippen molar-refractivity contribution >= 4 is 6.09 Å². The second kappa shape index (κ2) is 10.1. The number of aryl methyl sites for hydroxylation is 1. The summed E-state index contributed by atoms with van der Waals surface area (Å²) in [4.78, 5) is 11.9. The summed E-state index contributed by atoms with van der Waals surface area (Å²) < 4.78 is 16.4. The summed E-state index contributed by atoms with van der Waals surface area (Å²) in [7, 11) is 3.33. The van der Waals surface area contributed by atoms with Gasteiger partial charge in [0.25, 0.3) is 0 Å². The Morgan fingerprint density at radius 1 is 1.19 bits per heavy atom. The molecule has 0 saturated heterocycles. The number of unbranched alkanes of at least 4 members (excludes halogenated alkanes) is 1. The largest absolute Gasteiger partial charge is 0.496 e. The van der Waals surface area contributed by atoms with Crippen LogP contribution in [0.15, 0.2) is 24.8 Å². The van der Waals surface area contributed by atoms with E-state index in [2.05, 4.69) is 11.9 Å². The van der Waals surface area contributed by atoms with E-state index in [4.69, 9.17) is 14.2 Å². The SMILES string of the molecule is C=CCCCc1cc(OC)c(CC(C)NC(=O)OC(C)(C)C)cc1OC. The van der Waals surface area contributed by atoms with Crippen molar-refractivity contribution in [3.63, 3.8) is 0 Å². The van der Waals surface area contributed by atoms with Gasteiger partial charge in [0.1, 0.15) is 17.1 Å². The van der Waals surface area contributed by atoms with Crippen molar-refractivity contribution in [1.82, 2.24) is 5.32 Å². The van der Waals surface area contributed by atoms with E-state index in [1.54, 1.807) is 14.2 Å². The summed E-state index contributed by atoms with van der Waals surface area (Å²) in [5, 5.41) is 2.86. The first-order chi connectivity index (χ1) is 12.2. The molecular formula is C21H33NO4. The Hall–Kier alpha value is -2.17. The maximum Gasteiger partial charge on any atom is 0.407 e. The van der Waals surface area contributed by atoms with Gasteiger partial charge in [0.2, 0.25) is 0 Å². The molecule has 0 bridgehead atoms. The lowest BCUT2D eigenvalue weighted by Crippen LogP contribution is -2.38. The van der Waals surface area contributed by atoms with Crippen LogP contribution < -0.4 is 14.8 Å². The third-order valence-corrected chi connectivity index (χ3v) is 3.83. The summed E-state index contributed by atoms with van der Waals surface area (Å²) in [6.45, 7) is 11.2. The summed E-state index contributed by atoms with van der Waals surface area (Å²) >= 11 is 0. The summed E-state index contributed by atoms with van der Waals surface area (Å²) in [5.41, 5.74) is 1.58. The number of rotatable bonds is 9. The number of allylic oxidation sites excluding steroid dienone is 1. The molecule has 0 aliphatic carbocycles. The Morgan fingerprint density at radius 3 is 2.31 bits per heavy atom. The average molecular weight is 363 g/mol. The molecule has 1 aromatic rings. The molecule has 26 heavy (non-hydrogen) atoms. The van der Waals surface area contributed by atoms with E-state index in [-0.39, 0.29) is 6.04 Å². The third-order valence-electron chi connectivity index (χ3n) is 3.83. The molecule has 1 atom stereocenters. The Labute approximate surface area is 157 Å². The molecule has 5 nitrogen and oxygen atoms in total. The van der Waals surface area contributed by atoms with Crippen LogP contribution in [0.4, 0.5) is 4.79 Å². The number of hydrogen-bond acceptors (Lipinski definition) is 4. The van der Waals surface area contributed by atoms with E-state index in [1.807, 2.05) is 45.9 Å². The fourth-order valence-electron chi connectivity index (χ4n) is 2.71. The van der Waals surface area contributed by atoms with Gasteiger partial charge in [-0.3, -0.25) is 0 Å². The van der Waals surface area contributed by atoms with Gasteiger partial charge in [0.15, 0.2) is 0 Å². The summed E-state index contributed by atoms with van der Waals surface area (Å²) in [5.74, 6) is 1.64. The first-order valence-electron chi connectivity index (χ1n) is 9.04. The quantitative estimate of drug-likeness (QED) is 0.512. The maximum atomic E-state index is 11.9. The number of methoxy groups -OCH3 is 2. The fraction of sp³-hybridized carbons (Fsp3) is 0.571. The topological polar surface area (TPSA) is 56.8 Å². The molecule has 1 aromatic carbocycles. The van der Waals surface area contributed by atoms with Crippen LogP contribution in [-0.4, -0.2) is 32.0 Å². The minimum absolute atomic E-state index is 0.102. The van der Waals surface area contributed by atoms with Crippen LogP contribution in [0.25, 0.3) is 0 Å². The molecule has 0 heterocycles. The molecule has 146 valence electrons. The predicted molar refractivity (Wildman–Crippen MR) is 105 cm³/mol. The number of hydrogen-bond donors (Lipinski definition) is 1. The van der Waals surface area contributed by atoms with Crippen LogP contribution in [-0.2, 0) is 17.6 Å². The van der Waals surface area contributed by atoms with Gasteiger partial charge in [-0.1, -0.05) is 6.08 Å². The number of ether oxygens (including phenoxy) is 3. The molecule has 1 rings (SSSR count). The summed E-state index contributed by atoms with van der Waals surface area (Å²) in [6.07, 6.45) is 4.99. The van der Waals surface area contributed by atoms with Crippen molar-refractivity contribution in [3.05, 3.63) is 35.9 Å². The molecule has 0 aliphatic heterocycles. The standard InChI is InChI=1S/C21H33NO4/c1-8-9-10-11-16-13-19(25-7)17(14-18(16)24-6)12-15(2)22-20(23)26-21(3,4)5/h8,13-15H,1,9-12H2,2-7H3,(H,22,23). The van der Waals surface area contributed by atoms with Gasteiger partial charge < -0.3 is 19.5 Å². The van der Waals surface area contributed by atoms with Crippen molar-refractivity contribution in [3.8, 4) is 11.5 Å². The fourth-order valence-corrected chi connectivity index (χ4v) is 2.71. The monoisotopic (exact) mass is 363 g/mol. The van der Waals surface area contributed by atoms with Crippen LogP contribution >= 0.6 is 0 Å². The maximum absolute atomic E-state index is 11.9. The first kappa shape index (κ1) is 21.9. The number of carbonyl (C=O) groups excluding carboxylic acids is 1. The van der Waals surface area contributed by atoms with Crippen LogP contribution in [0.5, 0.6) is 11.5 Å². The van der Waals surface area contributed by atoms with E-state index in [1.165, 1.54) is 0 Å². The van der Waals surface area contributed by atoms with Crippen molar-refractivity contribution < 1.29 is 19.0 Å². The highest BCUT2D eigenvalue weighted by Crippen LogP contribution is 2.31. The second-order valence-electron chi connectivity index (χ2n) is 7.41. The molecule has 1 N–H and O–H groups in total. The van der Waals surface area contributed by atoms with Gasteiger partial charge in [-0.15, -0.1) is 6.58 Å². The molecule has 0 aliphatic rings. The zero-order chi connectivity index (χ0) is 19.7. The van der Waals surface area contributed by atoms with E-state index in [9.17, 15) is 4.79 Å². The lowest BCUT2D eigenvalue weighted by atomic mass is 10.00.